The van der Waals surface area contributed by atoms with Crippen molar-refractivity contribution in [1.29, 1.82) is 0 Å². The fourth-order valence-corrected chi connectivity index (χ4v) is 2.36. The molecule has 108 valence electrons. The van der Waals surface area contributed by atoms with Crippen molar-refractivity contribution in [2.45, 2.75) is 39.7 Å². The van der Waals surface area contributed by atoms with Crippen LogP contribution in [-0.2, 0) is 0 Å². The first-order valence-corrected chi connectivity index (χ1v) is 7.42. The highest BCUT2D eigenvalue weighted by molar-refractivity contribution is 5.20. The van der Waals surface area contributed by atoms with E-state index in [2.05, 4.69) is 31.0 Å². The summed E-state index contributed by atoms with van der Waals surface area (Å²) in [5.41, 5.74) is 1.04. The van der Waals surface area contributed by atoms with Gasteiger partial charge in [0, 0.05) is 19.1 Å². The van der Waals surface area contributed by atoms with Crippen LogP contribution in [0.25, 0.3) is 0 Å². The quantitative estimate of drug-likeness (QED) is 0.734. The summed E-state index contributed by atoms with van der Waals surface area (Å²) in [6.45, 7) is 10.8. The van der Waals surface area contributed by atoms with E-state index in [4.69, 9.17) is 0 Å². The lowest BCUT2D eigenvalue weighted by molar-refractivity contribution is 0.282. The third-order valence-corrected chi connectivity index (χ3v) is 3.47. The van der Waals surface area contributed by atoms with E-state index in [1.807, 2.05) is 6.07 Å². The Kier molecular flexibility index (Phi) is 7.68. The number of benzene rings is 1. The van der Waals surface area contributed by atoms with Gasteiger partial charge in [0.25, 0.3) is 0 Å². The van der Waals surface area contributed by atoms with Gasteiger partial charge in [-0.3, -0.25) is 0 Å². The predicted octanol–water partition coefficient (Wildman–Crippen LogP) is 3.60. The van der Waals surface area contributed by atoms with Crippen LogP contribution in [0.15, 0.2) is 24.3 Å². The van der Waals surface area contributed by atoms with E-state index in [0.717, 1.165) is 38.2 Å². The van der Waals surface area contributed by atoms with Gasteiger partial charge in [0.2, 0.25) is 0 Å². The molecule has 0 aliphatic carbocycles. The van der Waals surface area contributed by atoms with Crippen molar-refractivity contribution in [2.75, 3.05) is 26.2 Å². The van der Waals surface area contributed by atoms with E-state index in [0.29, 0.717) is 0 Å². The number of likely N-dealkylation sites (N-methyl/N-ethyl adjacent to an activating group) is 1. The molecule has 1 aromatic carbocycles. The summed E-state index contributed by atoms with van der Waals surface area (Å²) in [5.74, 6) is -0.154. The molecule has 0 saturated heterocycles. The molecule has 0 aliphatic rings. The first-order valence-electron chi connectivity index (χ1n) is 7.42. The summed E-state index contributed by atoms with van der Waals surface area (Å²) >= 11 is 0. The number of nitrogens with zero attached hydrogens (tertiary/aromatic N) is 1. The summed E-state index contributed by atoms with van der Waals surface area (Å²) in [7, 11) is 0. The molecular weight excluding hydrogens is 239 g/mol. The highest BCUT2D eigenvalue weighted by Crippen LogP contribution is 2.17. The largest absolute Gasteiger partial charge is 0.309 e. The number of halogens is 1. The van der Waals surface area contributed by atoms with Gasteiger partial charge in [0.15, 0.2) is 0 Å². The summed E-state index contributed by atoms with van der Waals surface area (Å²) in [6, 6.07) is 7.15. The summed E-state index contributed by atoms with van der Waals surface area (Å²) in [5, 5.41) is 3.53. The monoisotopic (exact) mass is 266 g/mol. The summed E-state index contributed by atoms with van der Waals surface area (Å²) in [4.78, 5) is 2.44. The van der Waals surface area contributed by atoms with Crippen LogP contribution in [0.5, 0.6) is 0 Å². The van der Waals surface area contributed by atoms with E-state index in [9.17, 15) is 4.39 Å². The molecule has 2 nitrogen and oxygen atoms in total. The van der Waals surface area contributed by atoms with Crippen LogP contribution in [-0.4, -0.2) is 31.1 Å². The van der Waals surface area contributed by atoms with Gasteiger partial charge in [-0.2, -0.15) is 0 Å². The smallest absolute Gasteiger partial charge is 0.123 e. The average Bonchev–Trinajstić information content (AvgIpc) is 2.42. The molecule has 0 fully saturated rings. The topological polar surface area (TPSA) is 15.3 Å². The van der Waals surface area contributed by atoms with E-state index in [1.54, 1.807) is 12.1 Å². The average molecular weight is 266 g/mol. The van der Waals surface area contributed by atoms with Crippen molar-refractivity contribution >= 4 is 0 Å². The molecule has 0 saturated carbocycles. The standard InChI is InChI=1S/C16H27FN2/c1-4-11-19(6-3)12-10-18-16(5-2)14-8-7-9-15(17)13-14/h7-9,13,16,18H,4-6,10-12H2,1-3H3. The highest BCUT2D eigenvalue weighted by atomic mass is 19.1. The third-order valence-electron chi connectivity index (χ3n) is 3.47. The first kappa shape index (κ1) is 16.1. The number of nitrogens with one attached hydrogen (secondary N) is 1. The minimum absolute atomic E-state index is 0.154. The first-order chi connectivity index (χ1) is 9.21. The van der Waals surface area contributed by atoms with Gasteiger partial charge in [-0.25, -0.2) is 4.39 Å². The third kappa shape index (κ3) is 5.70. The lowest BCUT2D eigenvalue weighted by Crippen LogP contribution is -2.34. The highest BCUT2D eigenvalue weighted by Gasteiger charge is 2.09. The molecule has 0 amide bonds. The van der Waals surface area contributed by atoms with Gasteiger partial charge < -0.3 is 10.2 Å². The van der Waals surface area contributed by atoms with Gasteiger partial charge in [-0.1, -0.05) is 32.9 Å². The van der Waals surface area contributed by atoms with Crippen LogP contribution in [0.1, 0.15) is 45.2 Å². The van der Waals surface area contributed by atoms with Crippen molar-refractivity contribution in [3.05, 3.63) is 35.6 Å². The molecule has 1 atom stereocenters. The molecule has 0 spiro atoms. The molecule has 19 heavy (non-hydrogen) atoms. The molecule has 0 heterocycles. The maximum absolute atomic E-state index is 13.2. The van der Waals surface area contributed by atoms with Crippen molar-refractivity contribution in [3.63, 3.8) is 0 Å². The zero-order chi connectivity index (χ0) is 14.1. The van der Waals surface area contributed by atoms with Crippen LogP contribution in [0.2, 0.25) is 0 Å². The lowest BCUT2D eigenvalue weighted by Gasteiger charge is -2.23. The second-order valence-electron chi connectivity index (χ2n) is 4.90. The van der Waals surface area contributed by atoms with Crippen LogP contribution in [0, 0.1) is 5.82 Å². The molecule has 1 unspecified atom stereocenters. The molecule has 0 radical (unpaired) electrons. The second-order valence-corrected chi connectivity index (χ2v) is 4.90. The number of rotatable bonds is 9. The van der Waals surface area contributed by atoms with Crippen LogP contribution in [0.3, 0.4) is 0 Å². The SMILES string of the molecule is CCCN(CC)CCNC(CC)c1cccc(F)c1. The molecule has 1 N–H and O–H groups in total. The van der Waals surface area contributed by atoms with E-state index >= 15 is 0 Å². The lowest BCUT2D eigenvalue weighted by atomic mass is 10.0. The van der Waals surface area contributed by atoms with Gasteiger partial charge in [0.1, 0.15) is 5.82 Å². The van der Waals surface area contributed by atoms with Crippen molar-refractivity contribution < 1.29 is 4.39 Å². The van der Waals surface area contributed by atoms with Crippen LogP contribution >= 0.6 is 0 Å². The Labute approximate surface area is 117 Å². The fraction of sp³-hybridized carbons (Fsp3) is 0.625. The van der Waals surface area contributed by atoms with Crippen LogP contribution in [0.4, 0.5) is 4.39 Å². The molecule has 0 bridgehead atoms. The van der Waals surface area contributed by atoms with E-state index in [-0.39, 0.29) is 11.9 Å². The Bertz CT molecular complexity index is 354. The molecule has 0 aliphatic heterocycles. The number of hydrogen-bond donors (Lipinski definition) is 1. The van der Waals surface area contributed by atoms with Gasteiger partial charge in [-0.05, 0) is 43.6 Å². The fourth-order valence-electron chi connectivity index (χ4n) is 2.36. The zero-order valence-corrected chi connectivity index (χ0v) is 12.5. The predicted molar refractivity (Wildman–Crippen MR) is 79.8 cm³/mol. The molecular formula is C16H27FN2. The Balaban J connectivity index is 2.45. The maximum atomic E-state index is 13.2. The van der Waals surface area contributed by atoms with Crippen molar-refractivity contribution in [1.82, 2.24) is 10.2 Å². The zero-order valence-electron chi connectivity index (χ0n) is 12.5. The normalized spacial score (nSPS) is 12.9. The molecule has 3 heteroatoms. The molecule has 1 rings (SSSR count). The van der Waals surface area contributed by atoms with Crippen molar-refractivity contribution in [3.8, 4) is 0 Å². The molecule has 1 aromatic rings. The Morgan fingerprint density at radius 2 is 2.00 bits per heavy atom. The number of hydrogen-bond acceptors (Lipinski definition) is 2. The minimum Gasteiger partial charge on any atom is -0.309 e. The minimum atomic E-state index is -0.154. The van der Waals surface area contributed by atoms with Crippen LogP contribution < -0.4 is 5.32 Å². The van der Waals surface area contributed by atoms with Gasteiger partial charge in [-0.15, -0.1) is 0 Å². The Morgan fingerprint density at radius 1 is 1.21 bits per heavy atom. The molecule has 0 aromatic heterocycles. The Morgan fingerprint density at radius 3 is 2.58 bits per heavy atom. The van der Waals surface area contributed by atoms with Crippen molar-refractivity contribution in [2.24, 2.45) is 0 Å². The Hall–Kier alpha value is -0.930. The van der Waals surface area contributed by atoms with E-state index in [1.165, 1.54) is 12.5 Å². The summed E-state index contributed by atoms with van der Waals surface area (Å²) < 4.78 is 13.2. The van der Waals surface area contributed by atoms with Gasteiger partial charge in [0.05, 0.1) is 0 Å². The van der Waals surface area contributed by atoms with E-state index < -0.39 is 0 Å². The summed E-state index contributed by atoms with van der Waals surface area (Å²) in [6.07, 6.45) is 2.16. The maximum Gasteiger partial charge on any atom is 0.123 e. The van der Waals surface area contributed by atoms with Gasteiger partial charge >= 0.3 is 0 Å². The second kappa shape index (κ2) is 9.05.